The molecule has 0 aliphatic carbocycles. The van der Waals surface area contributed by atoms with Crippen LogP contribution >= 0.6 is 0 Å². The van der Waals surface area contributed by atoms with E-state index in [-0.39, 0.29) is 35.5 Å². The van der Waals surface area contributed by atoms with Gasteiger partial charge in [-0.1, -0.05) is 18.2 Å². The lowest BCUT2D eigenvalue weighted by Gasteiger charge is -2.26. The number of aliphatic hydroxyl groups is 1. The number of Topliss-reactive ketones (excluding diaryl/α,β-unsaturated/α-hetero) is 1. The summed E-state index contributed by atoms with van der Waals surface area (Å²) in [7, 11) is 3.64. The van der Waals surface area contributed by atoms with E-state index in [9.17, 15) is 23.9 Å². The molecule has 0 radical (unpaired) electrons. The van der Waals surface area contributed by atoms with E-state index in [1.165, 1.54) is 23.1 Å². The van der Waals surface area contributed by atoms with Gasteiger partial charge in [0.2, 0.25) is 0 Å². The number of nitrogens with zero attached hydrogens (tertiary/aromatic N) is 2. The first-order valence-electron chi connectivity index (χ1n) is 10.6. The predicted octanol–water partition coefficient (Wildman–Crippen LogP) is 2.93. The van der Waals surface area contributed by atoms with Gasteiger partial charge in [-0.15, -0.1) is 0 Å². The van der Waals surface area contributed by atoms with Crippen LogP contribution in [-0.4, -0.2) is 71.3 Å². The number of aromatic nitrogens is 1. The third-order valence-electron chi connectivity index (χ3n) is 5.68. The number of aromatic amines is 1. The molecule has 2 heterocycles. The molecule has 1 saturated heterocycles. The van der Waals surface area contributed by atoms with Crippen molar-refractivity contribution < 1.29 is 28.6 Å². The van der Waals surface area contributed by atoms with Gasteiger partial charge < -0.3 is 24.6 Å². The molecule has 1 aromatic heterocycles. The minimum atomic E-state index is -1.11. The number of aryl methyl sites for hydroxylation is 1. The van der Waals surface area contributed by atoms with Gasteiger partial charge in [-0.25, -0.2) is 9.18 Å². The summed E-state index contributed by atoms with van der Waals surface area (Å²) in [6, 6.07) is 4.74. The number of H-pyrrole nitrogens is 1. The summed E-state index contributed by atoms with van der Waals surface area (Å²) < 4.78 is 19.9. The van der Waals surface area contributed by atoms with Crippen LogP contribution in [0.4, 0.5) is 4.39 Å². The fourth-order valence-corrected chi connectivity index (χ4v) is 4.09. The maximum Gasteiger partial charge on any atom is 0.355 e. The van der Waals surface area contributed by atoms with Crippen molar-refractivity contribution >= 4 is 23.4 Å². The van der Waals surface area contributed by atoms with E-state index in [1.807, 2.05) is 19.0 Å². The Kier molecular flexibility index (Phi) is 7.02. The van der Waals surface area contributed by atoms with Crippen molar-refractivity contribution in [2.24, 2.45) is 0 Å². The van der Waals surface area contributed by atoms with Gasteiger partial charge in [0, 0.05) is 29.9 Å². The number of benzene rings is 1. The number of likely N-dealkylation sites (tertiary alicyclic amines) is 1. The van der Waals surface area contributed by atoms with Crippen molar-refractivity contribution in [2.75, 3.05) is 33.8 Å². The summed E-state index contributed by atoms with van der Waals surface area (Å²) >= 11 is 0. The fraction of sp³-hybridized carbons (Fsp3) is 0.375. The monoisotopic (exact) mass is 457 g/mol. The zero-order valence-electron chi connectivity index (χ0n) is 19.4. The Hall–Kier alpha value is -3.46. The summed E-state index contributed by atoms with van der Waals surface area (Å²) in [5.74, 6) is -3.38. The molecule has 1 atom stereocenters. The van der Waals surface area contributed by atoms with E-state index in [0.717, 1.165) is 0 Å². The predicted molar refractivity (Wildman–Crippen MR) is 120 cm³/mol. The van der Waals surface area contributed by atoms with Crippen LogP contribution in [0, 0.1) is 19.7 Å². The molecule has 0 saturated carbocycles. The van der Waals surface area contributed by atoms with Crippen molar-refractivity contribution in [3.8, 4) is 0 Å². The second-order valence-electron chi connectivity index (χ2n) is 8.16. The Balaban J connectivity index is 2.22. The zero-order chi connectivity index (χ0) is 24.4. The van der Waals surface area contributed by atoms with Crippen LogP contribution in [0.2, 0.25) is 0 Å². The van der Waals surface area contributed by atoms with Crippen LogP contribution in [0.25, 0.3) is 5.76 Å². The van der Waals surface area contributed by atoms with E-state index in [0.29, 0.717) is 17.8 Å². The number of esters is 1. The van der Waals surface area contributed by atoms with Gasteiger partial charge in [0.25, 0.3) is 11.7 Å². The van der Waals surface area contributed by atoms with Crippen LogP contribution < -0.4 is 0 Å². The van der Waals surface area contributed by atoms with Gasteiger partial charge in [-0.05, 0) is 46.5 Å². The molecule has 0 unspecified atom stereocenters. The number of hydrogen-bond donors (Lipinski definition) is 2. The van der Waals surface area contributed by atoms with Crippen LogP contribution in [0.3, 0.4) is 0 Å². The van der Waals surface area contributed by atoms with Gasteiger partial charge in [-0.2, -0.15) is 0 Å². The molecule has 1 aliphatic heterocycles. The molecule has 176 valence electrons. The molecule has 0 bridgehead atoms. The highest BCUT2D eigenvalue weighted by molar-refractivity contribution is 6.46. The Morgan fingerprint density at radius 2 is 1.91 bits per heavy atom. The van der Waals surface area contributed by atoms with Crippen LogP contribution in [0.1, 0.15) is 45.8 Å². The molecule has 1 fully saturated rings. The average Bonchev–Trinajstić information content (AvgIpc) is 3.19. The van der Waals surface area contributed by atoms with E-state index >= 15 is 0 Å². The Morgan fingerprint density at radius 1 is 1.24 bits per heavy atom. The lowest BCUT2D eigenvalue weighted by Crippen LogP contribution is -2.35. The minimum absolute atomic E-state index is 0.105. The van der Waals surface area contributed by atoms with Gasteiger partial charge in [0.15, 0.2) is 0 Å². The lowest BCUT2D eigenvalue weighted by atomic mass is 9.93. The summed E-state index contributed by atoms with van der Waals surface area (Å²) in [4.78, 5) is 44.3. The lowest BCUT2D eigenvalue weighted by molar-refractivity contribution is -0.140. The summed E-state index contributed by atoms with van der Waals surface area (Å²) in [5.41, 5.74) is 1.03. The molecule has 0 spiro atoms. The highest BCUT2D eigenvalue weighted by atomic mass is 19.1. The standard InChI is InChI=1S/C24H28FN3O5/c1-6-33-24(32)19-13(2)17(14(3)26-19)21(29)18-20(15-9-7-8-10-16(15)25)28(12-11-27(4)5)23(31)22(18)30/h7-10,20,26,29H,6,11-12H2,1-5H3/t20-/m1/s1. The quantitative estimate of drug-likeness (QED) is 0.287. The number of likely N-dealkylation sites (N-methyl/N-ethyl adjacent to an activating group) is 1. The number of nitrogens with one attached hydrogen (secondary N) is 1. The first-order valence-corrected chi connectivity index (χ1v) is 10.6. The van der Waals surface area contributed by atoms with Gasteiger partial charge >= 0.3 is 5.97 Å². The SMILES string of the molecule is CCOC(=O)c1[nH]c(C)c(C(O)=C2C(=O)C(=O)N(CCN(C)C)[C@@H]2c2ccccc2F)c1C. The number of carbonyl (C=O) groups excluding carboxylic acids is 3. The number of rotatable bonds is 7. The highest BCUT2D eigenvalue weighted by Crippen LogP contribution is 2.41. The third kappa shape index (κ3) is 4.41. The summed E-state index contributed by atoms with van der Waals surface area (Å²) in [6.45, 7) is 5.67. The van der Waals surface area contributed by atoms with E-state index in [2.05, 4.69) is 4.98 Å². The molecule has 1 aliphatic rings. The molecule has 33 heavy (non-hydrogen) atoms. The Morgan fingerprint density at radius 3 is 2.52 bits per heavy atom. The smallest absolute Gasteiger partial charge is 0.355 e. The van der Waals surface area contributed by atoms with Crippen molar-refractivity contribution in [1.82, 2.24) is 14.8 Å². The molecular weight excluding hydrogens is 429 g/mol. The number of amides is 1. The molecule has 2 N–H and O–H groups in total. The topological polar surface area (TPSA) is 103 Å². The number of carbonyl (C=O) groups is 3. The van der Waals surface area contributed by atoms with Crippen LogP contribution in [0.5, 0.6) is 0 Å². The van der Waals surface area contributed by atoms with Gasteiger partial charge in [0.05, 0.1) is 18.2 Å². The fourth-order valence-electron chi connectivity index (χ4n) is 4.09. The molecule has 9 heteroatoms. The largest absolute Gasteiger partial charge is 0.507 e. The first kappa shape index (κ1) is 24.2. The normalized spacial score (nSPS) is 17.8. The molecule has 8 nitrogen and oxygen atoms in total. The first-order chi connectivity index (χ1) is 15.6. The Bertz CT molecular complexity index is 1140. The number of hydrogen-bond acceptors (Lipinski definition) is 6. The molecular formula is C24H28FN3O5. The maximum atomic E-state index is 14.8. The second kappa shape index (κ2) is 9.58. The minimum Gasteiger partial charge on any atom is -0.507 e. The summed E-state index contributed by atoms with van der Waals surface area (Å²) in [5, 5.41) is 11.3. The molecule has 1 amide bonds. The number of ketones is 1. The molecule has 3 rings (SSSR count). The van der Waals surface area contributed by atoms with E-state index < -0.39 is 35.3 Å². The number of halogens is 1. The second-order valence-corrected chi connectivity index (χ2v) is 8.16. The number of ether oxygens (including phenoxy) is 1. The van der Waals surface area contributed by atoms with Crippen LogP contribution in [-0.2, 0) is 14.3 Å². The van der Waals surface area contributed by atoms with E-state index in [4.69, 9.17) is 4.74 Å². The number of aliphatic hydroxyl groups excluding tert-OH is 1. The van der Waals surface area contributed by atoms with Crippen molar-refractivity contribution in [1.29, 1.82) is 0 Å². The van der Waals surface area contributed by atoms with Gasteiger partial charge in [-0.3, -0.25) is 9.59 Å². The van der Waals surface area contributed by atoms with Crippen LogP contribution in [0.15, 0.2) is 29.8 Å². The maximum absolute atomic E-state index is 14.8. The van der Waals surface area contributed by atoms with Crippen molar-refractivity contribution in [3.05, 3.63) is 63.7 Å². The molecule has 1 aromatic carbocycles. The van der Waals surface area contributed by atoms with E-state index in [1.54, 1.807) is 26.8 Å². The van der Waals surface area contributed by atoms with Gasteiger partial charge in [0.1, 0.15) is 17.3 Å². The third-order valence-corrected chi connectivity index (χ3v) is 5.68. The zero-order valence-corrected chi connectivity index (χ0v) is 19.4. The van der Waals surface area contributed by atoms with Crippen molar-refractivity contribution in [3.63, 3.8) is 0 Å². The average molecular weight is 458 g/mol. The molecule has 2 aromatic rings. The summed E-state index contributed by atoms with van der Waals surface area (Å²) in [6.07, 6.45) is 0. The van der Waals surface area contributed by atoms with Crippen molar-refractivity contribution in [2.45, 2.75) is 26.8 Å². The highest BCUT2D eigenvalue weighted by Gasteiger charge is 2.47. The Labute approximate surface area is 191 Å².